The Hall–Kier alpha value is -1.76. The van der Waals surface area contributed by atoms with Crippen molar-refractivity contribution in [3.63, 3.8) is 0 Å². The van der Waals surface area contributed by atoms with Gasteiger partial charge in [-0.1, -0.05) is 12.1 Å². The van der Waals surface area contributed by atoms with Crippen LogP contribution in [0.15, 0.2) is 10.9 Å². The number of hydrogen-bond acceptors (Lipinski definition) is 6. The Kier molecular flexibility index (Phi) is 3.25. The fraction of sp³-hybridized carbons (Fsp3) is 0.556. The zero-order valence-electron chi connectivity index (χ0n) is 9.27. The maximum absolute atomic E-state index is 5.14. The molecule has 0 saturated heterocycles. The van der Waals surface area contributed by atoms with Gasteiger partial charge in [-0.25, -0.2) is 4.98 Å². The third-order valence-corrected chi connectivity index (χ3v) is 2.14. The first-order chi connectivity index (χ1) is 7.81. The van der Waals surface area contributed by atoms with Crippen LogP contribution in [-0.4, -0.2) is 31.9 Å². The second-order valence-corrected chi connectivity index (χ2v) is 3.47. The molecule has 0 fully saturated rings. The summed E-state index contributed by atoms with van der Waals surface area (Å²) >= 11 is 0. The molecule has 0 aliphatic carbocycles. The van der Waals surface area contributed by atoms with Crippen molar-refractivity contribution >= 4 is 0 Å². The van der Waals surface area contributed by atoms with Crippen molar-refractivity contribution in [1.29, 1.82) is 0 Å². The highest BCUT2D eigenvalue weighted by Gasteiger charge is 2.15. The molecular weight excluding hydrogens is 208 g/mol. The van der Waals surface area contributed by atoms with Crippen molar-refractivity contribution in [2.24, 2.45) is 0 Å². The summed E-state index contributed by atoms with van der Waals surface area (Å²) in [5.74, 6) is 1.50. The quantitative estimate of drug-likeness (QED) is 0.781. The van der Waals surface area contributed by atoms with E-state index < -0.39 is 0 Å². The average molecular weight is 222 g/mol. The lowest BCUT2D eigenvalue weighted by Gasteiger charge is -2.06. The summed E-state index contributed by atoms with van der Waals surface area (Å²) in [5, 5.41) is 13.5. The molecular formula is C9H14N6O. The van der Waals surface area contributed by atoms with Crippen LogP contribution in [0, 0.1) is 0 Å². The highest BCUT2D eigenvalue weighted by atomic mass is 16.5. The number of aromatic nitrogens is 5. The van der Waals surface area contributed by atoms with Crippen LogP contribution in [0.2, 0.25) is 0 Å². The molecule has 0 bridgehead atoms. The Morgan fingerprint density at radius 3 is 3.12 bits per heavy atom. The number of hydrogen-bond donors (Lipinski definition) is 2. The SMILES string of the molecule is CCCNC(C)c1nc(-c2ncn[nH]2)no1. The van der Waals surface area contributed by atoms with Gasteiger partial charge in [-0.2, -0.15) is 10.1 Å². The minimum absolute atomic E-state index is 0.0455. The van der Waals surface area contributed by atoms with E-state index in [-0.39, 0.29) is 6.04 Å². The predicted molar refractivity (Wildman–Crippen MR) is 56.4 cm³/mol. The fourth-order valence-electron chi connectivity index (χ4n) is 1.27. The molecule has 2 aromatic rings. The first-order valence-electron chi connectivity index (χ1n) is 5.24. The highest BCUT2D eigenvalue weighted by molar-refractivity contribution is 5.39. The van der Waals surface area contributed by atoms with Gasteiger partial charge < -0.3 is 9.84 Å². The van der Waals surface area contributed by atoms with E-state index in [1.165, 1.54) is 6.33 Å². The molecule has 0 radical (unpaired) electrons. The molecule has 7 nitrogen and oxygen atoms in total. The number of H-pyrrole nitrogens is 1. The van der Waals surface area contributed by atoms with Crippen molar-refractivity contribution < 1.29 is 4.52 Å². The molecule has 0 aromatic carbocycles. The van der Waals surface area contributed by atoms with Crippen LogP contribution >= 0.6 is 0 Å². The van der Waals surface area contributed by atoms with Crippen LogP contribution < -0.4 is 5.32 Å². The van der Waals surface area contributed by atoms with Gasteiger partial charge >= 0.3 is 0 Å². The predicted octanol–water partition coefficient (Wildman–Crippen LogP) is 0.915. The normalized spacial score (nSPS) is 12.9. The van der Waals surface area contributed by atoms with E-state index >= 15 is 0 Å². The summed E-state index contributed by atoms with van der Waals surface area (Å²) in [6, 6.07) is 0.0455. The third kappa shape index (κ3) is 2.25. The molecule has 16 heavy (non-hydrogen) atoms. The topological polar surface area (TPSA) is 92.5 Å². The Morgan fingerprint density at radius 1 is 1.56 bits per heavy atom. The van der Waals surface area contributed by atoms with E-state index in [0.29, 0.717) is 17.5 Å². The zero-order chi connectivity index (χ0) is 11.4. The number of rotatable bonds is 5. The molecule has 1 unspecified atom stereocenters. The van der Waals surface area contributed by atoms with Gasteiger partial charge in [-0.05, 0) is 19.9 Å². The summed E-state index contributed by atoms with van der Waals surface area (Å²) in [6.07, 6.45) is 2.47. The standard InChI is InChI=1S/C9H14N6O/c1-3-4-10-6(2)9-13-8(15-16-9)7-11-5-12-14-7/h5-6,10H,3-4H2,1-2H3,(H,11,12,14). The Labute approximate surface area is 92.7 Å². The molecule has 2 N–H and O–H groups in total. The Morgan fingerprint density at radius 2 is 2.44 bits per heavy atom. The van der Waals surface area contributed by atoms with Gasteiger partial charge in [0.15, 0.2) is 5.82 Å². The van der Waals surface area contributed by atoms with Gasteiger partial charge in [-0.15, -0.1) is 0 Å². The monoisotopic (exact) mass is 222 g/mol. The van der Waals surface area contributed by atoms with Crippen molar-refractivity contribution in [2.45, 2.75) is 26.3 Å². The molecule has 0 saturated carbocycles. The van der Waals surface area contributed by atoms with Gasteiger partial charge in [0.25, 0.3) is 0 Å². The highest BCUT2D eigenvalue weighted by Crippen LogP contribution is 2.14. The van der Waals surface area contributed by atoms with E-state index in [9.17, 15) is 0 Å². The average Bonchev–Trinajstić information content (AvgIpc) is 2.94. The maximum Gasteiger partial charge on any atom is 0.243 e. The van der Waals surface area contributed by atoms with E-state index in [0.717, 1.165) is 13.0 Å². The second-order valence-electron chi connectivity index (χ2n) is 3.47. The molecule has 0 aliphatic heterocycles. The molecule has 7 heteroatoms. The van der Waals surface area contributed by atoms with Crippen molar-refractivity contribution in [2.75, 3.05) is 6.54 Å². The summed E-state index contributed by atoms with van der Waals surface area (Å²) in [6.45, 7) is 5.00. The summed E-state index contributed by atoms with van der Waals surface area (Å²) in [5.41, 5.74) is 0. The van der Waals surface area contributed by atoms with Gasteiger partial charge in [0, 0.05) is 0 Å². The first-order valence-corrected chi connectivity index (χ1v) is 5.24. The molecule has 2 heterocycles. The molecule has 2 rings (SSSR count). The van der Waals surface area contributed by atoms with Crippen LogP contribution in [0.3, 0.4) is 0 Å². The molecule has 86 valence electrons. The summed E-state index contributed by atoms with van der Waals surface area (Å²) in [7, 11) is 0. The second kappa shape index (κ2) is 4.84. The largest absolute Gasteiger partial charge is 0.337 e. The van der Waals surface area contributed by atoms with Crippen LogP contribution in [0.25, 0.3) is 11.6 Å². The van der Waals surface area contributed by atoms with Crippen LogP contribution in [0.1, 0.15) is 32.2 Å². The Bertz CT molecular complexity index is 423. The van der Waals surface area contributed by atoms with Gasteiger partial charge in [0.05, 0.1) is 6.04 Å². The number of aromatic amines is 1. The smallest absolute Gasteiger partial charge is 0.243 e. The van der Waals surface area contributed by atoms with Crippen LogP contribution in [0.4, 0.5) is 0 Å². The number of nitrogens with one attached hydrogen (secondary N) is 2. The lowest BCUT2D eigenvalue weighted by atomic mass is 10.3. The minimum Gasteiger partial charge on any atom is -0.337 e. The first kappa shape index (κ1) is 10.7. The summed E-state index contributed by atoms with van der Waals surface area (Å²) in [4.78, 5) is 8.18. The van der Waals surface area contributed by atoms with Crippen LogP contribution in [-0.2, 0) is 0 Å². The van der Waals surface area contributed by atoms with Gasteiger partial charge in [0.2, 0.25) is 11.7 Å². The van der Waals surface area contributed by atoms with Crippen molar-refractivity contribution in [3.05, 3.63) is 12.2 Å². The lowest BCUT2D eigenvalue weighted by Crippen LogP contribution is -2.19. The van der Waals surface area contributed by atoms with E-state index in [1.54, 1.807) is 0 Å². The van der Waals surface area contributed by atoms with Crippen molar-refractivity contribution in [3.8, 4) is 11.6 Å². The zero-order valence-corrected chi connectivity index (χ0v) is 9.27. The Balaban J connectivity index is 2.07. The van der Waals surface area contributed by atoms with Gasteiger partial charge in [-0.3, -0.25) is 5.10 Å². The molecule has 1 atom stereocenters. The van der Waals surface area contributed by atoms with Gasteiger partial charge in [0.1, 0.15) is 6.33 Å². The van der Waals surface area contributed by atoms with Crippen molar-refractivity contribution in [1.82, 2.24) is 30.6 Å². The minimum atomic E-state index is 0.0455. The molecule has 0 aliphatic rings. The lowest BCUT2D eigenvalue weighted by molar-refractivity contribution is 0.340. The fourth-order valence-corrected chi connectivity index (χ4v) is 1.27. The number of nitrogens with zero attached hydrogens (tertiary/aromatic N) is 4. The van der Waals surface area contributed by atoms with E-state index in [1.807, 2.05) is 6.92 Å². The maximum atomic E-state index is 5.14. The third-order valence-electron chi connectivity index (χ3n) is 2.14. The van der Waals surface area contributed by atoms with E-state index in [4.69, 9.17) is 4.52 Å². The summed E-state index contributed by atoms with van der Waals surface area (Å²) < 4.78 is 5.14. The van der Waals surface area contributed by atoms with E-state index in [2.05, 4.69) is 37.6 Å². The molecule has 0 amide bonds. The molecule has 0 spiro atoms. The van der Waals surface area contributed by atoms with Crippen LogP contribution in [0.5, 0.6) is 0 Å². The molecule has 2 aromatic heterocycles.